The van der Waals surface area contributed by atoms with Gasteiger partial charge < -0.3 is 58.7 Å². The summed E-state index contributed by atoms with van der Waals surface area (Å²) < 4.78 is 42.0. The number of hydrogen-bond donors (Lipinski definition) is 4. The standard InChI is InChI=1S/C37H43N3O13/c1-17-32-20(40-8-9-49-34(48-3)33(40)53-32)11-23(51-17)52-22-13-37(46,35(45)39-7-10-50-36(16-39)14-38-15-36)12-19-25(22)31(44)27-26(29(19)42)28(41)18-5-4-6-21(47-2)24(18)30(27)43/h4-6,17,20,22-23,32-34,38,42,44,46H,7-16H2,1-3H3/t17-,20-,22-,23-,32+,33+,34-,37-/m0/s1. The molecule has 1 amide bonds. The van der Waals surface area contributed by atoms with Gasteiger partial charge in [-0.15, -0.1) is 0 Å². The van der Waals surface area contributed by atoms with Gasteiger partial charge in [0.15, 0.2) is 24.6 Å². The lowest BCUT2D eigenvalue weighted by molar-refractivity contribution is -0.256. The van der Waals surface area contributed by atoms with E-state index in [2.05, 4.69) is 10.2 Å². The highest BCUT2D eigenvalue weighted by atomic mass is 16.7. The smallest absolute Gasteiger partial charge is 0.255 e. The third-order valence-electron chi connectivity index (χ3n) is 12.0. The Balaban J connectivity index is 1.11. The summed E-state index contributed by atoms with van der Waals surface area (Å²) in [5, 5.41) is 39.6. The van der Waals surface area contributed by atoms with Crippen LogP contribution in [-0.4, -0.2) is 151 Å². The molecule has 8 atom stereocenters. The Hall–Kier alpha value is -3.71. The van der Waals surface area contributed by atoms with Crippen molar-refractivity contribution in [1.82, 2.24) is 15.1 Å². The van der Waals surface area contributed by atoms with E-state index in [1.165, 1.54) is 19.2 Å². The minimum absolute atomic E-state index is 0.00427. The predicted molar refractivity (Wildman–Crippen MR) is 180 cm³/mol. The van der Waals surface area contributed by atoms with Gasteiger partial charge in [-0.25, -0.2) is 0 Å². The molecule has 2 aromatic rings. The number of phenols is 2. The Labute approximate surface area is 304 Å². The van der Waals surface area contributed by atoms with Crippen LogP contribution in [0.4, 0.5) is 0 Å². The van der Waals surface area contributed by atoms with E-state index < -0.39 is 88.7 Å². The summed E-state index contributed by atoms with van der Waals surface area (Å²) in [5.41, 5.74) is -3.60. The first-order chi connectivity index (χ1) is 25.5. The fraction of sp³-hybridized carbons (Fsp3) is 0.595. The van der Waals surface area contributed by atoms with Crippen molar-refractivity contribution < 1.29 is 62.9 Å². The lowest BCUT2D eigenvalue weighted by Gasteiger charge is -2.50. The average molecular weight is 738 g/mol. The van der Waals surface area contributed by atoms with E-state index >= 15 is 0 Å². The van der Waals surface area contributed by atoms with Crippen LogP contribution in [0.1, 0.15) is 68.8 Å². The number of aromatic hydroxyl groups is 2. The number of ketones is 2. The Kier molecular flexibility index (Phi) is 8.38. The van der Waals surface area contributed by atoms with Gasteiger partial charge in [0.1, 0.15) is 34.6 Å². The molecular weight excluding hydrogens is 694 g/mol. The Morgan fingerprint density at radius 1 is 1.02 bits per heavy atom. The largest absolute Gasteiger partial charge is 0.507 e. The number of carbonyl (C=O) groups excluding carboxylic acids is 3. The van der Waals surface area contributed by atoms with Crippen molar-refractivity contribution in [2.45, 2.75) is 80.5 Å². The molecule has 5 saturated heterocycles. The second kappa shape index (κ2) is 12.7. The molecule has 0 bridgehead atoms. The molecule has 9 rings (SSSR count). The molecule has 53 heavy (non-hydrogen) atoms. The quantitative estimate of drug-likeness (QED) is 0.262. The van der Waals surface area contributed by atoms with Gasteiger partial charge in [-0.3, -0.25) is 19.3 Å². The van der Waals surface area contributed by atoms with Crippen LogP contribution in [0.15, 0.2) is 18.2 Å². The molecule has 16 nitrogen and oxygen atoms in total. The summed E-state index contributed by atoms with van der Waals surface area (Å²) in [7, 11) is 2.92. The van der Waals surface area contributed by atoms with E-state index in [0.29, 0.717) is 32.7 Å². The van der Waals surface area contributed by atoms with Gasteiger partial charge >= 0.3 is 0 Å². The van der Waals surface area contributed by atoms with Crippen LogP contribution >= 0.6 is 0 Å². The van der Waals surface area contributed by atoms with E-state index in [9.17, 15) is 29.7 Å². The topological polar surface area (TPSA) is 195 Å². The zero-order chi connectivity index (χ0) is 37.0. The van der Waals surface area contributed by atoms with E-state index in [1.54, 1.807) is 18.1 Å². The summed E-state index contributed by atoms with van der Waals surface area (Å²) in [6.07, 6.45) is -4.46. The number of carbonyl (C=O) groups is 3. The molecule has 16 heteroatoms. The maximum atomic E-state index is 14.4. The summed E-state index contributed by atoms with van der Waals surface area (Å²) in [6.45, 7) is 4.78. The molecule has 5 heterocycles. The van der Waals surface area contributed by atoms with Crippen molar-refractivity contribution in [2.75, 3.05) is 60.2 Å². The van der Waals surface area contributed by atoms with Gasteiger partial charge in [0.2, 0.25) is 5.78 Å². The maximum absolute atomic E-state index is 14.4. The van der Waals surface area contributed by atoms with Gasteiger partial charge in [-0.2, -0.15) is 0 Å². The molecule has 0 aromatic heterocycles. The molecule has 284 valence electrons. The van der Waals surface area contributed by atoms with Gasteiger partial charge in [0, 0.05) is 75.3 Å². The fourth-order valence-electron chi connectivity index (χ4n) is 9.42. The minimum Gasteiger partial charge on any atom is -0.507 e. The first kappa shape index (κ1) is 35.0. The van der Waals surface area contributed by atoms with Crippen molar-refractivity contribution >= 4 is 17.5 Å². The van der Waals surface area contributed by atoms with Crippen LogP contribution in [0.25, 0.3) is 0 Å². The first-order valence-corrected chi connectivity index (χ1v) is 18.1. The minimum atomic E-state index is -2.13. The lowest BCUT2D eigenvalue weighted by atomic mass is 9.72. The molecular formula is C37H43N3O13. The Bertz CT molecular complexity index is 1880. The summed E-state index contributed by atoms with van der Waals surface area (Å²) in [6, 6.07) is 4.37. The second-order valence-corrected chi connectivity index (χ2v) is 15.1. The fourth-order valence-corrected chi connectivity index (χ4v) is 9.42. The van der Waals surface area contributed by atoms with Gasteiger partial charge in [0.05, 0.1) is 55.8 Å². The SMILES string of the molecule is COc1cccc2c1C(=O)c1c(O)c3c(c(O)c1C2=O)C[C@@](O)(C(=O)N1CCOC2(CNC2)C1)C[C@@H]3O[C@H]1C[C@H]2[C@H](O[C@@H]3[C@@H](OC)OCCN32)[C@H](C)O1. The number of aliphatic hydroxyl groups is 1. The summed E-state index contributed by atoms with van der Waals surface area (Å²) in [5.74, 6) is -3.06. The number of rotatable bonds is 5. The Morgan fingerprint density at radius 3 is 2.55 bits per heavy atom. The number of nitrogens with zero attached hydrogens (tertiary/aromatic N) is 2. The van der Waals surface area contributed by atoms with Crippen LogP contribution < -0.4 is 10.1 Å². The number of hydrogen-bond acceptors (Lipinski definition) is 15. The van der Waals surface area contributed by atoms with Crippen molar-refractivity contribution in [3.8, 4) is 17.2 Å². The number of ether oxygens (including phenoxy) is 7. The normalized spacial score (nSPS) is 34.4. The maximum Gasteiger partial charge on any atom is 0.255 e. The van der Waals surface area contributed by atoms with Crippen LogP contribution in [0.3, 0.4) is 0 Å². The third-order valence-corrected chi connectivity index (χ3v) is 12.0. The molecule has 1 spiro atoms. The molecule has 5 aliphatic heterocycles. The predicted octanol–water partition coefficient (Wildman–Crippen LogP) is 0.351. The third kappa shape index (κ3) is 5.26. The summed E-state index contributed by atoms with van der Waals surface area (Å²) in [4.78, 5) is 46.3. The number of fused-ring (bicyclic) bond motifs is 6. The second-order valence-electron chi connectivity index (χ2n) is 15.1. The molecule has 0 saturated carbocycles. The Morgan fingerprint density at radius 2 is 1.81 bits per heavy atom. The monoisotopic (exact) mass is 737 g/mol. The van der Waals surface area contributed by atoms with Crippen molar-refractivity contribution in [3.63, 3.8) is 0 Å². The highest BCUT2D eigenvalue weighted by Crippen LogP contribution is 2.53. The molecule has 0 unspecified atom stereocenters. The van der Waals surface area contributed by atoms with Crippen molar-refractivity contribution in [1.29, 1.82) is 0 Å². The van der Waals surface area contributed by atoms with E-state index in [1.807, 2.05) is 6.92 Å². The van der Waals surface area contributed by atoms with E-state index in [4.69, 9.17) is 33.2 Å². The van der Waals surface area contributed by atoms with Crippen molar-refractivity contribution in [3.05, 3.63) is 51.6 Å². The number of methoxy groups -OCH3 is 2. The van der Waals surface area contributed by atoms with Gasteiger partial charge in [-0.05, 0) is 13.0 Å². The van der Waals surface area contributed by atoms with Crippen LogP contribution in [0.2, 0.25) is 0 Å². The van der Waals surface area contributed by atoms with E-state index in [-0.39, 0.29) is 66.3 Å². The molecule has 4 N–H and O–H groups in total. The lowest BCUT2D eigenvalue weighted by Crippen LogP contribution is -2.71. The average Bonchev–Trinajstić information content (AvgIpc) is 3.53. The molecule has 5 fully saturated rings. The van der Waals surface area contributed by atoms with Gasteiger partial charge in [0.25, 0.3) is 5.91 Å². The molecule has 2 aromatic carbocycles. The number of morpholine rings is 2. The number of phenolic OH excluding ortho intramolecular Hbond substituents is 2. The zero-order valence-corrected chi connectivity index (χ0v) is 29.7. The number of benzene rings is 2. The molecule has 0 radical (unpaired) electrons. The molecule has 7 aliphatic rings. The van der Waals surface area contributed by atoms with E-state index in [0.717, 1.165) is 0 Å². The first-order valence-electron chi connectivity index (χ1n) is 18.1. The summed E-state index contributed by atoms with van der Waals surface area (Å²) >= 11 is 0. The van der Waals surface area contributed by atoms with Crippen LogP contribution in [0.5, 0.6) is 17.2 Å². The highest BCUT2D eigenvalue weighted by Gasteiger charge is 2.56. The highest BCUT2D eigenvalue weighted by molar-refractivity contribution is 6.31. The van der Waals surface area contributed by atoms with Crippen molar-refractivity contribution in [2.24, 2.45) is 0 Å². The van der Waals surface area contributed by atoms with Crippen LogP contribution in [-0.2, 0) is 39.6 Å². The van der Waals surface area contributed by atoms with Crippen LogP contribution in [0, 0.1) is 0 Å². The van der Waals surface area contributed by atoms with Gasteiger partial charge in [-0.1, -0.05) is 12.1 Å². The zero-order valence-electron chi connectivity index (χ0n) is 29.7. The number of amides is 1. The number of nitrogens with one attached hydrogen (secondary N) is 1. The molecule has 2 aliphatic carbocycles.